The van der Waals surface area contributed by atoms with Crippen LogP contribution in [0.3, 0.4) is 0 Å². The van der Waals surface area contributed by atoms with Crippen molar-refractivity contribution in [3.8, 4) is 45.4 Å². The standard InChI is InChI=1S/C28H21ClN2O3/c29-22-10-6-19(7-11-22)18-33-24-14-15-25(26(32)16-24)28-27(17-30-31-28)34-23-12-8-21(9-13-23)20-4-2-1-3-5-20/h1-17,32H,18H2,(H,30,31). The van der Waals surface area contributed by atoms with Gasteiger partial charge in [-0.1, -0.05) is 66.2 Å². The van der Waals surface area contributed by atoms with E-state index in [2.05, 4.69) is 22.3 Å². The van der Waals surface area contributed by atoms with Gasteiger partial charge in [-0.3, -0.25) is 5.10 Å². The summed E-state index contributed by atoms with van der Waals surface area (Å²) in [6, 6.07) is 30.6. The second-order valence-corrected chi connectivity index (χ2v) is 8.13. The molecular formula is C28H21ClN2O3. The molecule has 2 N–H and O–H groups in total. The Hall–Kier alpha value is -4.22. The Morgan fingerprint density at radius 1 is 0.794 bits per heavy atom. The van der Waals surface area contributed by atoms with Gasteiger partial charge >= 0.3 is 0 Å². The number of nitrogens with zero attached hydrogens (tertiary/aromatic N) is 1. The molecule has 5 rings (SSSR count). The topological polar surface area (TPSA) is 67.4 Å². The highest BCUT2D eigenvalue weighted by atomic mass is 35.5. The fourth-order valence-corrected chi connectivity index (χ4v) is 3.70. The largest absolute Gasteiger partial charge is 0.507 e. The van der Waals surface area contributed by atoms with Crippen LogP contribution in [-0.4, -0.2) is 15.3 Å². The molecular weight excluding hydrogens is 448 g/mol. The van der Waals surface area contributed by atoms with Crippen LogP contribution in [0.5, 0.6) is 23.0 Å². The predicted octanol–water partition coefficient (Wildman–Crippen LogP) is 7.47. The Labute approximate surface area is 202 Å². The van der Waals surface area contributed by atoms with Gasteiger partial charge in [0.25, 0.3) is 0 Å². The number of phenolic OH excluding ortho intramolecular Hbond substituents is 1. The minimum atomic E-state index is 0.0575. The van der Waals surface area contributed by atoms with Crippen molar-refractivity contribution in [2.24, 2.45) is 0 Å². The fraction of sp³-hybridized carbons (Fsp3) is 0.0357. The third kappa shape index (κ3) is 4.90. The van der Waals surface area contributed by atoms with Gasteiger partial charge in [-0.2, -0.15) is 5.10 Å². The molecule has 0 aliphatic heterocycles. The number of H-pyrrole nitrogens is 1. The van der Waals surface area contributed by atoms with Crippen LogP contribution in [-0.2, 0) is 6.61 Å². The van der Waals surface area contributed by atoms with E-state index in [0.29, 0.717) is 40.1 Å². The average Bonchev–Trinajstić information content (AvgIpc) is 3.32. The Bertz CT molecular complexity index is 1380. The summed E-state index contributed by atoms with van der Waals surface area (Å²) in [6.07, 6.45) is 1.59. The number of aromatic nitrogens is 2. The van der Waals surface area contributed by atoms with E-state index in [1.54, 1.807) is 24.4 Å². The zero-order chi connectivity index (χ0) is 23.3. The van der Waals surface area contributed by atoms with E-state index in [9.17, 15) is 5.11 Å². The number of rotatable bonds is 7. The first kappa shape index (κ1) is 21.6. The van der Waals surface area contributed by atoms with Gasteiger partial charge in [0.1, 0.15) is 29.5 Å². The van der Waals surface area contributed by atoms with Crippen molar-refractivity contribution in [2.75, 3.05) is 0 Å². The molecule has 168 valence electrons. The summed E-state index contributed by atoms with van der Waals surface area (Å²) in [4.78, 5) is 0. The number of aromatic hydroxyl groups is 1. The summed E-state index contributed by atoms with van der Waals surface area (Å²) in [6.45, 7) is 0.368. The number of hydrogen-bond donors (Lipinski definition) is 2. The first-order valence-electron chi connectivity index (χ1n) is 10.7. The normalized spacial score (nSPS) is 10.7. The van der Waals surface area contributed by atoms with Crippen molar-refractivity contribution < 1.29 is 14.6 Å². The maximum atomic E-state index is 10.6. The van der Waals surface area contributed by atoms with Crippen molar-refractivity contribution in [1.29, 1.82) is 0 Å². The third-order valence-corrected chi connectivity index (χ3v) is 5.60. The lowest BCUT2D eigenvalue weighted by Gasteiger charge is -2.11. The molecule has 1 aromatic heterocycles. The van der Waals surface area contributed by atoms with Crippen molar-refractivity contribution >= 4 is 11.6 Å². The number of ether oxygens (including phenoxy) is 2. The van der Waals surface area contributed by atoms with Crippen molar-refractivity contribution in [2.45, 2.75) is 6.61 Å². The van der Waals surface area contributed by atoms with Crippen molar-refractivity contribution in [3.05, 3.63) is 114 Å². The Morgan fingerprint density at radius 2 is 1.50 bits per heavy atom. The van der Waals surface area contributed by atoms with Gasteiger partial charge in [0.2, 0.25) is 0 Å². The Morgan fingerprint density at radius 3 is 2.24 bits per heavy atom. The molecule has 34 heavy (non-hydrogen) atoms. The molecule has 0 atom stereocenters. The minimum absolute atomic E-state index is 0.0575. The molecule has 0 aliphatic carbocycles. The SMILES string of the molecule is Oc1cc(OCc2ccc(Cl)cc2)ccc1-c1[nH]ncc1Oc1ccc(-c2ccccc2)cc1. The summed E-state index contributed by atoms with van der Waals surface area (Å²) in [5.41, 5.74) is 4.37. The van der Waals surface area contributed by atoms with Gasteiger partial charge in [0.15, 0.2) is 5.75 Å². The first-order valence-corrected chi connectivity index (χ1v) is 11.1. The number of benzene rings is 4. The molecule has 0 bridgehead atoms. The van der Waals surface area contributed by atoms with E-state index in [-0.39, 0.29) is 5.75 Å². The fourth-order valence-electron chi connectivity index (χ4n) is 3.58. The number of aromatic amines is 1. The Kier molecular flexibility index (Phi) is 6.19. The molecule has 5 aromatic rings. The van der Waals surface area contributed by atoms with Gasteiger partial charge in [-0.25, -0.2) is 0 Å². The highest BCUT2D eigenvalue weighted by molar-refractivity contribution is 6.30. The number of halogens is 1. The van der Waals surface area contributed by atoms with E-state index < -0.39 is 0 Å². The van der Waals surface area contributed by atoms with Crippen molar-refractivity contribution in [1.82, 2.24) is 10.2 Å². The quantitative estimate of drug-likeness (QED) is 0.260. The van der Waals surface area contributed by atoms with Crippen LogP contribution >= 0.6 is 11.6 Å². The van der Waals surface area contributed by atoms with Gasteiger partial charge in [0.05, 0.1) is 6.20 Å². The summed E-state index contributed by atoms with van der Waals surface area (Å²) in [5.74, 6) is 1.79. The zero-order valence-electron chi connectivity index (χ0n) is 18.1. The van der Waals surface area contributed by atoms with Crippen LogP contribution in [0, 0.1) is 0 Å². The third-order valence-electron chi connectivity index (χ3n) is 5.35. The molecule has 5 nitrogen and oxygen atoms in total. The van der Waals surface area contributed by atoms with Crippen LogP contribution in [0.15, 0.2) is 103 Å². The van der Waals surface area contributed by atoms with Crippen molar-refractivity contribution in [3.63, 3.8) is 0 Å². The van der Waals surface area contributed by atoms with Crippen LogP contribution in [0.2, 0.25) is 5.02 Å². The highest BCUT2D eigenvalue weighted by Crippen LogP contribution is 2.38. The number of phenols is 1. The van der Waals surface area contributed by atoms with E-state index in [0.717, 1.165) is 16.7 Å². The van der Waals surface area contributed by atoms with Crippen LogP contribution in [0.4, 0.5) is 0 Å². The molecule has 1 heterocycles. The molecule has 0 saturated heterocycles. The molecule has 0 aliphatic rings. The molecule has 0 fully saturated rings. The Balaban J connectivity index is 1.30. The molecule has 4 aromatic carbocycles. The smallest absolute Gasteiger partial charge is 0.173 e. The predicted molar refractivity (Wildman–Crippen MR) is 133 cm³/mol. The van der Waals surface area contributed by atoms with Gasteiger partial charge < -0.3 is 14.6 Å². The van der Waals surface area contributed by atoms with Gasteiger partial charge in [-0.15, -0.1) is 0 Å². The van der Waals surface area contributed by atoms with E-state index >= 15 is 0 Å². The van der Waals surface area contributed by atoms with E-state index in [1.807, 2.05) is 66.7 Å². The minimum Gasteiger partial charge on any atom is -0.507 e. The highest BCUT2D eigenvalue weighted by Gasteiger charge is 2.15. The summed E-state index contributed by atoms with van der Waals surface area (Å²) >= 11 is 5.92. The van der Waals surface area contributed by atoms with E-state index in [1.165, 1.54) is 0 Å². The van der Waals surface area contributed by atoms with E-state index in [4.69, 9.17) is 21.1 Å². The lowest BCUT2D eigenvalue weighted by molar-refractivity contribution is 0.304. The zero-order valence-corrected chi connectivity index (χ0v) is 18.9. The maximum Gasteiger partial charge on any atom is 0.173 e. The summed E-state index contributed by atoms with van der Waals surface area (Å²) in [5, 5.41) is 18.3. The molecule has 0 saturated carbocycles. The molecule has 0 amide bonds. The van der Waals surface area contributed by atoms with Crippen LogP contribution in [0.25, 0.3) is 22.4 Å². The lowest BCUT2D eigenvalue weighted by Crippen LogP contribution is -1.95. The average molecular weight is 469 g/mol. The monoisotopic (exact) mass is 468 g/mol. The number of nitrogens with one attached hydrogen (secondary N) is 1. The first-order chi connectivity index (χ1) is 16.7. The van der Waals surface area contributed by atoms with Gasteiger partial charge in [0, 0.05) is 16.7 Å². The summed E-state index contributed by atoms with van der Waals surface area (Å²) in [7, 11) is 0. The lowest BCUT2D eigenvalue weighted by atomic mass is 10.1. The number of hydrogen-bond acceptors (Lipinski definition) is 4. The molecule has 6 heteroatoms. The molecule has 0 unspecified atom stereocenters. The maximum absolute atomic E-state index is 10.6. The van der Waals surface area contributed by atoms with Gasteiger partial charge in [-0.05, 0) is 53.1 Å². The second kappa shape index (κ2) is 9.73. The molecule has 0 spiro atoms. The van der Waals surface area contributed by atoms with Crippen LogP contribution in [0.1, 0.15) is 5.56 Å². The van der Waals surface area contributed by atoms with Crippen LogP contribution < -0.4 is 9.47 Å². The molecule has 0 radical (unpaired) electrons. The summed E-state index contributed by atoms with van der Waals surface area (Å²) < 4.78 is 11.8. The second-order valence-electron chi connectivity index (χ2n) is 7.70.